The fourth-order valence-corrected chi connectivity index (χ4v) is 2.79. The Bertz CT molecular complexity index is 456. The molecule has 0 bridgehead atoms. The number of benzene rings is 1. The minimum absolute atomic E-state index is 0.0126. The van der Waals surface area contributed by atoms with E-state index in [2.05, 4.69) is 26.6 Å². The van der Waals surface area contributed by atoms with E-state index >= 15 is 0 Å². The number of nitrogens with two attached hydrogens (primary N) is 1. The number of hydrogen-bond donors (Lipinski definition) is 3. The molecule has 2 rings (SSSR count). The summed E-state index contributed by atoms with van der Waals surface area (Å²) in [6, 6.07) is 4.07. The van der Waals surface area contributed by atoms with Crippen molar-refractivity contribution in [3.63, 3.8) is 0 Å². The number of aryl methyl sites for hydroxylation is 1. The molecule has 0 radical (unpaired) electrons. The topological polar surface area (TPSA) is 67.2 Å². The van der Waals surface area contributed by atoms with Crippen molar-refractivity contribution in [3.05, 3.63) is 22.2 Å². The van der Waals surface area contributed by atoms with Crippen LogP contribution in [-0.4, -0.2) is 18.5 Å². The molecule has 1 atom stereocenters. The van der Waals surface area contributed by atoms with E-state index in [1.165, 1.54) is 0 Å². The van der Waals surface area contributed by atoms with Gasteiger partial charge in [-0.15, -0.1) is 0 Å². The second-order valence-corrected chi connectivity index (χ2v) is 5.65. The Morgan fingerprint density at radius 1 is 1.61 bits per heavy atom. The molecule has 0 aromatic heterocycles. The van der Waals surface area contributed by atoms with Crippen molar-refractivity contribution in [1.29, 1.82) is 0 Å². The van der Waals surface area contributed by atoms with Crippen molar-refractivity contribution < 1.29 is 4.79 Å². The van der Waals surface area contributed by atoms with Gasteiger partial charge in [-0.2, -0.15) is 0 Å². The van der Waals surface area contributed by atoms with Crippen LogP contribution in [0.2, 0.25) is 0 Å². The van der Waals surface area contributed by atoms with E-state index in [4.69, 9.17) is 5.73 Å². The van der Waals surface area contributed by atoms with Gasteiger partial charge in [-0.25, -0.2) is 0 Å². The van der Waals surface area contributed by atoms with Crippen molar-refractivity contribution in [1.82, 2.24) is 5.32 Å². The van der Waals surface area contributed by atoms with Gasteiger partial charge in [0.25, 0.3) is 0 Å². The standard InChI is InChI=1S/C13H18BrN3O/c1-8-5-9(14)6-11(13(8)15)17-12(18)7-10-3-2-4-16-10/h5-6,10,16H,2-4,7,15H2,1H3,(H,17,18). The Hall–Kier alpha value is -1.07. The molecule has 1 fully saturated rings. The highest BCUT2D eigenvalue weighted by Gasteiger charge is 2.18. The van der Waals surface area contributed by atoms with Crippen molar-refractivity contribution in [2.75, 3.05) is 17.6 Å². The number of carbonyl (C=O) groups excluding carboxylic acids is 1. The minimum atomic E-state index is 0.0126. The normalized spacial score (nSPS) is 18.9. The number of nitrogens with one attached hydrogen (secondary N) is 2. The van der Waals surface area contributed by atoms with Gasteiger partial charge in [0, 0.05) is 16.9 Å². The van der Waals surface area contributed by atoms with E-state index in [1.807, 2.05) is 19.1 Å². The molecule has 1 saturated heterocycles. The van der Waals surface area contributed by atoms with Gasteiger partial charge in [0.1, 0.15) is 0 Å². The molecule has 1 heterocycles. The van der Waals surface area contributed by atoms with E-state index < -0.39 is 0 Å². The lowest BCUT2D eigenvalue weighted by Crippen LogP contribution is -2.27. The van der Waals surface area contributed by atoms with Gasteiger partial charge in [-0.05, 0) is 44.0 Å². The van der Waals surface area contributed by atoms with Crippen LogP contribution in [0.4, 0.5) is 11.4 Å². The average Bonchev–Trinajstić information content (AvgIpc) is 2.77. The van der Waals surface area contributed by atoms with Crippen LogP contribution in [0.5, 0.6) is 0 Å². The second kappa shape index (κ2) is 5.71. The highest BCUT2D eigenvalue weighted by atomic mass is 79.9. The molecule has 1 amide bonds. The summed E-state index contributed by atoms with van der Waals surface area (Å²) in [6.07, 6.45) is 2.72. The number of carbonyl (C=O) groups is 1. The van der Waals surface area contributed by atoms with Crippen LogP contribution in [-0.2, 0) is 4.79 Å². The molecule has 0 spiro atoms. The summed E-state index contributed by atoms with van der Waals surface area (Å²) in [6.45, 7) is 2.93. The van der Waals surface area contributed by atoms with Gasteiger partial charge in [0.2, 0.25) is 5.91 Å². The zero-order chi connectivity index (χ0) is 13.1. The zero-order valence-electron chi connectivity index (χ0n) is 10.4. The summed E-state index contributed by atoms with van der Waals surface area (Å²) in [5, 5.41) is 6.19. The van der Waals surface area contributed by atoms with E-state index in [-0.39, 0.29) is 5.91 Å². The maximum Gasteiger partial charge on any atom is 0.225 e. The Morgan fingerprint density at radius 3 is 3.06 bits per heavy atom. The summed E-state index contributed by atoms with van der Waals surface area (Å²) >= 11 is 3.41. The summed E-state index contributed by atoms with van der Waals surface area (Å²) in [5.74, 6) is 0.0126. The van der Waals surface area contributed by atoms with Crippen molar-refractivity contribution >= 4 is 33.2 Å². The molecule has 0 saturated carbocycles. The number of nitrogen functional groups attached to an aromatic ring is 1. The highest BCUT2D eigenvalue weighted by Crippen LogP contribution is 2.27. The molecule has 1 aromatic carbocycles. The number of hydrogen-bond acceptors (Lipinski definition) is 3. The van der Waals surface area contributed by atoms with Crippen LogP contribution in [0, 0.1) is 6.92 Å². The maximum absolute atomic E-state index is 11.9. The van der Waals surface area contributed by atoms with Gasteiger partial charge in [-0.3, -0.25) is 4.79 Å². The van der Waals surface area contributed by atoms with Gasteiger partial charge < -0.3 is 16.4 Å². The van der Waals surface area contributed by atoms with Gasteiger partial charge >= 0.3 is 0 Å². The predicted octanol–water partition coefficient (Wildman–Crippen LogP) is 2.42. The molecule has 0 aliphatic carbocycles. The zero-order valence-corrected chi connectivity index (χ0v) is 12.0. The quantitative estimate of drug-likeness (QED) is 0.751. The van der Waals surface area contributed by atoms with Gasteiger partial charge in [0.05, 0.1) is 11.4 Å². The lowest BCUT2D eigenvalue weighted by atomic mass is 10.1. The summed E-state index contributed by atoms with van der Waals surface area (Å²) in [5.41, 5.74) is 8.23. The highest BCUT2D eigenvalue weighted by molar-refractivity contribution is 9.10. The van der Waals surface area contributed by atoms with Crippen molar-refractivity contribution in [2.45, 2.75) is 32.2 Å². The van der Waals surface area contributed by atoms with E-state index in [1.54, 1.807) is 0 Å². The second-order valence-electron chi connectivity index (χ2n) is 4.73. The summed E-state index contributed by atoms with van der Waals surface area (Å²) in [4.78, 5) is 11.9. The van der Waals surface area contributed by atoms with E-state index in [0.29, 0.717) is 23.8 Å². The molecular weight excluding hydrogens is 294 g/mol. The van der Waals surface area contributed by atoms with Crippen molar-refractivity contribution in [3.8, 4) is 0 Å². The maximum atomic E-state index is 11.9. The number of rotatable bonds is 3. The first-order chi connectivity index (χ1) is 8.56. The third-order valence-corrected chi connectivity index (χ3v) is 3.68. The average molecular weight is 312 g/mol. The molecule has 5 heteroatoms. The van der Waals surface area contributed by atoms with Crippen molar-refractivity contribution in [2.24, 2.45) is 0 Å². The third-order valence-electron chi connectivity index (χ3n) is 3.22. The minimum Gasteiger partial charge on any atom is -0.397 e. The molecule has 1 aromatic rings. The molecule has 4 N–H and O–H groups in total. The van der Waals surface area contributed by atoms with Crippen LogP contribution < -0.4 is 16.4 Å². The van der Waals surface area contributed by atoms with Crippen LogP contribution in [0.1, 0.15) is 24.8 Å². The number of anilines is 2. The molecule has 4 nitrogen and oxygen atoms in total. The fourth-order valence-electron chi connectivity index (χ4n) is 2.21. The van der Waals surface area contributed by atoms with E-state index in [0.717, 1.165) is 29.4 Å². The first-order valence-corrected chi connectivity index (χ1v) is 6.94. The number of amides is 1. The summed E-state index contributed by atoms with van der Waals surface area (Å²) in [7, 11) is 0. The largest absolute Gasteiger partial charge is 0.397 e. The van der Waals surface area contributed by atoms with Gasteiger partial charge in [-0.1, -0.05) is 15.9 Å². The molecular formula is C13H18BrN3O. The predicted molar refractivity (Wildman–Crippen MR) is 77.6 cm³/mol. The van der Waals surface area contributed by atoms with Crippen LogP contribution in [0.25, 0.3) is 0 Å². The van der Waals surface area contributed by atoms with Gasteiger partial charge in [0.15, 0.2) is 0 Å². The first kappa shape index (κ1) is 13.4. The Kier molecular flexibility index (Phi) is 4.24. The molecule has 98 valence electrons. The fraction of sp³-hybridized carbons (Fsp3) is 0.462. The molecule has 1 aliphatic heterocycles. The molecule has 1 unspecified atom stereocenters. The Morgan fingerprint density at radius 2 is 2.39 bits per heavy atom. The first-order valence-electron chi connectivity index (χ1n) is 6.15. The monoisotopic (exact) mass is 311 g/mol. The Balaban J connectivity index is 2.02. The van der Waals surface area contributed by atoms with Crippen LogP contribution in [0.15, 0.2) is 16.6 Å². The smallest absolute Gasteiger partial charge is 0.225 e. The Labute approximate surface area is 115 Å². The lowest BCUT2D eigenvalue weighted by molar-refractivity contribution is -0.116. The van der Waals surface area contributed by atoms with E-state index in [9.17, 15) is 4.79 Å². The molecule has 18 heavy (non-hydrogen) atoms. The number of halogens is 1. The SMILES string of the molecule is Cc1cc(Br)cc(NC(=O)CC2CCCN2)c1N. The summed E-state index contributed by atoms with van der Waals surface area (Å²) < 4.78 is 0.920. The lowest BCUT2D eigenvalue weighted by Gasteiger charge is -2.13. The van der Waals surface area contributed by atoms with Crippen LogP contribution in [0.3, 0.4) is 0 Å². The van der Waals surface area contributed by atoms with Crippen LogP contribution >= 0.6 is 15.9 Å². The third kappa shape index (κ3) is 3.23. The molecule has 1 aliphatic rings.